The highest BCUT2D eigenvalue weighted by molar-refractivity contribution is 6.21. The number of nitrogens with zero attached hydrogens (tertiary/aromatic N) is 1. The fourth-order valence-electron chi connectivity index (χ4n) is 3.14. The summed E-state index contributed by atoms with van der Waals surface area (Å²) >= 11 is 0. The van der Waals surface area contributed by atoms with Crippen LogP contribution in [0.15, 0.2) is 54.6 Å². The Morgan fingerprint density at radius 3 is 2.07 bits per heavy atom. The molecule has 0 aromatic heterocycles. The SMILES string of the molecule is CC(N)(C(=O)NCCCCN1C(=O)c2ccccc2C1=O)c1ccccc1.Cl. The molecule has 0 aliphatic carbocycles. The quantitative estimate of drug-likeness (QED) is 0.550. The van der Waals surface area contributed by atoms with Gasteiger partial charge in [0.25, 0.3) is 11.8 Å². The maximum Gasteiger partial charge on any atom is 0.261 e. The smallest absolute Gasteiger partial charge is 0.261 e. The highest BCUT2D eigenvalue weighted by Gasteiger charge is 2.34. The van der Waals surface area contributed by atoms with Crippen molar-refractivity contribution < 1.29 is 14.4 Å². The lowest BCUT2D eigenvalue weighted by Gasteiger charge is -2.24. The van der Waals surface area contributed by atoms with Gasteiger partial charge in [-0.2, -0.15) is 0 Å². The van der Waals surface area contributed by atoms with E-state index in [2.05, 4.69) is 5.32 Å². The van der Waals surface area contributed by atoms with Crippen LogP contribution in [-0.4, -0.2) is 35.7 Å². The summed E-state index contributed by atoms with van der Waals surface area (Å²) < 4.78 is 0. The first-order valence-electron chi connectivity index (χ1n) is 9.01. The van der Waals surface area contributed by atoms with Gasteiger partial charge in [-0.05, 0) is 37.5 Å². The van der Waals surface area contributed by atoms with E-state index in [4.69, 9.17) is 5.73 Å². The van der Waals surface area contributed by atoms with Crippen molar-refractivity contribution >= 4 is 30.1 Å². The molecule has 0 spiro atoms. The second-order valence-electron chi connectivity index (χ2n) is 6.84. The first-order chi connectivity index (χ1) is 12.9. The molecule has 0 bridgehead atoms. The lowest BCUT2D eigenvalue weighted by molar-refractivity contribution is -0.126. The van der Waals surface area contributed by atoms with Gasteiger partial charge in [0.05, 0.1) is 11.1 Å². The Morgan fingerprint density at radius 1 is 0.964 bits per heavy atom. The number of hydrogen-bond acceptors (Lipinski definition) is 4. The van der Waals surface area contributed by atoms with Crippen molar-refractivity contribution in [3.05, 3.63) is 71.3 Å². The third kappa shape index (κ3) is 4.24. The Kier molecular flexibility index (Phi) is 6.94. The zero-order chi connectivity index (χ0) is 19.4. The third-order valence-electron chi connectivity index (χ3n) is 4.82. The molecule has 0 radical (unpaired) electrons. The molecule has 1 unspecified atom stereocenters. The molecule has 0 saturated carbocycles. The molecule has 6 nitrogen and oxygen atoms in total. The molecule has 1 aliphatic heterocycles. The number of carbonyl (C=O) groups is 3. The largest absolute Gasteiger partial charge is 0.354 e. The molecule has 7 heteroatoms. The molecule has 3 N–H and O–H groups in total. The Bertz CT molecular complexity index is 833. The second-order valence-corrected chi connectivity index (χ2v) is 6.84. The van der Waals surface area contributed by atoms with Gasteiger partial charge < -0.3 is 11.1 Å². The van der Waals surface area contributed by atoms with E-state index >= 15 is 0 Å². The number of amides is 3. The summed E-state index contributed by atoms with van der Waals surface area (Å²) in [5.41, 5.74) is 6.72. The van der Waals surface area contributed by atoms with Gasteiger partial charge in [-0.1, -0.05) is 42.5 Å². The molecule has 148 valence electrons. The fraction of sp³-hybridized carbons (Fsp3) is 0.286. The molecule has 2 aromatic rings. The van der Waals surface area contributed by atoms with Crippen molar-refractivity contribution in [3.8, 4) is 0 Å². The van der Waals surface area contributed by atoms with Crippen LogP contribution in [0.1, 0.15) is 46.0 Å². The first-order valence-corrected chi connectivity index (χ1v) is 9.01. The Labute approximate surface area is 170 Å². The zero-order valence-corrected chi connectivity index (χ0v) is 16.5. The van der Waals surface area contributed by atoms with Crippen LogP contribution in [0, 0.1) is 0 Å². The van der Waals surface area contributed by atoms with Gasteiger partial charge in [0.1, 0.15) is 5.54 Å². The van der Waals surface area contributed by atoms with Gasteiger partial charge in [0, 0.05) is 13.1 Å². The summed E-state index contributed by atoms with van der Waals surface area (Å²) in [6.45, 7) is 2.44. The van der Waals surface area contributed by atoms with E-state index in [0.717, 1.165) is 5.56 Å². The van der Waals surface area contributed by atoms with Gasteiger partial charge >= 0.3 is 0 Å². The number of benzene rings is 2. The molecule has 1 aliphatic rings. The number of imide groups is 1. The number of halogens is 1. The number of fused-ring (bicyclic) bond motifs is 1. The molecule has 3 amide bonds. The maximum absolute atomic E-state index is 12.4. The average molecular weight is 402 g/mol. The van der Waals surface area contributed by atoms with E-state index in [1.54, 1.807) is 31.2 Å². The number of nitrogens with two attached hydrogens (primary N) is 1. The number of hydrogen-bond donors (Lipinski definition) is 2. The maximum atomic E-state index is 12.4. The van der Waals surface area contributed by atoms with Gasteiger partial charge in [0.15, 0.2) is 0 Å². The van der Waals surface area contributed by atoms with Crippen LogP contribution in [0.5, 0.6) is 0 Å². The lowest BCUT2D eigenvalue weighted by atomic mass is 9.92. The summed E-state index contributed by atoms with van der Waals surface area (Å²) in [6, 6.07) is 16.0. The molecule has 2 aromatic carbocycles. The molecule has 28 heavy (non-hydrogen) atoms. The summed E-state index contributed by atoms with van der Waals surface area (Å²) in [6.07, 6.45) is 1.25. The summed E-state index contributed by atoms with van der Waals surface area (Å²) in [5.74, 6) is -0.758. The Balaban J connectivity index is 0.00000280. The second kappa shape index (κ2) is 8.99. The van der Waals surface area contributed by atoms with Gasteiger partial charge in [-0.25, -0.2) is 0 Å². The average Bonchev–Trinajstić information content (AvgIpc) is 2.93. The summed E-state index contributed by atoms with van der Waals surface area (Å²) in [5, 5.41) is 2.83. The molecular weight excluding hydrogens is 378 g/mol. The van der Waals surface area contributed by atoms with Crippen LogP contribution in [0.2, 0.25) is 0 Å². The highest BCUT2D eigenvalue weighted by atomic mass is 35.5. The fourth-order valence-corrected chi connectivity index (χ4v) is 3.14. The standard InChI is InChI=1S/C21H23N3O3.ClH/c1-21(22,15-9-3-2-4-10-15)20(27)23-13-7-8-14-24-18(25)16-11-5-6-12-17(16)19(24)26;/h2-6,9-12H,7-8,13-14,22H2,1H3,(H,23,27);1H. The van der Waals surface area contributed by atoms with E-state index in [0.29, 0.717) is 37.1 Å². The van der Waals surface area contributed by atoms with Gasteiger partial charge in [0.2, 0.25) is 5.91 Å². The molecule has 1 heterocycles. The van der Waals surface area contributed by atoms with Crippen molar-refractivity contribution in [2.24, 2.45) is 5.73 Å². The number of unbranched alkanes of at least 4 members (excludes halogenated alkanes) is 1. The number of rotatable bonds is 7. The van der Waals surface area contributed by atoms with E-state index < -0.39 is 5.54 Å². The van der Waals surface area contributed by atoms with E-state index in [9.17, 15) is 14.4 Å². The molecular formula is C21H24ClN3O3. The van der Waals surface area contributed by atoms with Crippen molar-refractivity contribution in [3.63, 3.8) is 0 Å². The summed E-state index contributed by atoms with van der Waals surface area (Å²) in [7, 11) is 0. The van der Waals surface area contributed by atoms with Crippen LogP contribution in [-0.2, 0) is 10.3 Å². The van der Waals surface area contributed by atoms with Crippen LogP contribution in [0.3, 0.4) is 0 Å². The van der Waals surface area contributed by atoms with Crippen LogP contribution in [0.25, 0.3) is 0 Å². The number of carbonyl (C=O) groups excluding carboxylic acids is 3. The predicted molar refractivity (Wildman–Crippen MR) is 109 cm³/mol. The minimum Gasteiger partial charge on any atom is -0.354 e. The monoisotopic (exact) mass is 401 g/mol. The van der Waals surface area contributed by atoms with Crippen LogP contribution >= 0.6 is 12.4 Å². The molecule has 0 saturated heterocycles. The Morgan fingerprint density at radius 2 is 1.50 bits per heavy atom. The normalized spacial score (nSPS) is 14.9. The third-order valence-corrected chi connectivity index (χ3v) is 4.82. The van der Waals surface area contributed by atoms with E-state index in [1.165, 1.54) is 4.90 Å². The lowest BCUT2D eigenvalue weighted by Crippen LogP contribution is -2.49. The van der Waals surface area contributed by atoms with Crippen molar-refractivity contribution in [2.45, 2.75) is 25.3 Å². The van der Waals surface area contributed by atoms with Crippen LogP contribution < -0.4 is 11.1 Å². The number of nitrogens with one attached hydrogen (secondary N) is 1. The summed E-state index contributed by atoms with van der Waals surface area (Å²) in [4.78, 5) is 38.2. The molecule has 3 rings (SSSR count). The Hall–Kier alpha value is -2.70. The predicted octanol–water partition coefficient (Wildman–Crippen LogP) is 2.47. The topological polar surface area (TPSA) is 92.5 Å². The van der Waals surface area contributed by atoms with Crippen molar-refractivity contribution in [1.29, 1.82) is 0 Å². The zero-order valence-electron chi connectivity index (χ0n) is 15.7. The van der Waals surface area contributed by atoms with Gasteiger partial charge in [-0.15, -0.1) is 12.4 Å². The highest BCUT2D eigenvalue weighted by Crippen LogP contribution is 2.22. The van der Waals surface area contributed by atoms with E-state index in [1.807, 2.05) is 30.3 Å². The first kappa shape index (κ1) is 21.6. The minimum absolute atomic E-state index is 0. The van der Waals surface area contributed by atoms with Gasteiger partial charge in [-0.3, -0.25) is 19.3 Å². The van der Waals surface area contributed by atoms with Crippen molar-refractivity contribution in [1.82, 2.24) is 10.2 Å². The van der Waals surface area contributed by atoms with E-state index in [-0.39, 0.29) is 30.1 Å². The van der Waals surface area contributed by atoms with Crippen LogP contribution in [0.4, 0.5) is 0 Å². The molecule has 1 atom stereocenters. The van der Waals surface area contributed by atoms with Crippen molar-refractivity contribution in [2.75, 3.05) is 13.1 Å². The molecule has 0 fully saturated rings. The minimum atomic E-state index is -1.11.